The summed E-state index contributed by atoms with van der Waals surface area (Å²) in [6, 6.07) is 13.9. The highest BCUT2D eigenvalue weighted by molar-refractivity contribution is 7.90. The van der Waals surface area contributed by atoms with Gasteiger partial charge in [0.15, 0.2) is 11.6 Å². The summed E-state index contributed by atoms with van der Waals surface area (Å²) in [6.07, 6.45) is 0. The molecule has 4 N–H and O–H groups in total. The SMILES string of the molecule is CC(C)(O)C(N)=NS(=O)(=O)c1cc(C(=O)C(C(=O)c2cccc(F)c2)c2nc3ccccc3[nH]2)ccc1F. The van der Waals surface area contributed by atoms with Crippen molar-refractivity contribution in [3.8, 4) is 0 Å². The van der Waals surface area contributed by atoms with E-state index in [9.17, 15) is 31.9 Å². The number of aromatic nitrogens is 2. The van der Waals surface area contributed by atoms with Crippen LogP contribution < -0.4 is 5.73 Å². The zero-order valence-corrected chi connectivity index (χ0v) is 21.0. The van der Waals surface area contributed by atoms with Crippen LogP contribution in [-0.4, -0.2) is 46.5 Å². The number of nitrogens with zero attached hydrogens (tertiary/aromatic N) is 2. The van der Waals surface area contributed by atoms with Gasteiger partial charge in [0.2, 0.25) is 0 Å². The van der Waals surface area contributed by atoms with Crippen molar-refractivity contribution < 1.29 is 31.9 Å². The number of carbonyl (C=O) groups is 2. The fraction of sp³-hybridized carbons (Fsp3) is 0.154. The van der Waals surface area contributed by atoms with E-state index >= 15 is 0 Å². The fourth-order valence-corrected chi connectivity index (χ4v) is 4.77. The predicted octanol–water partition coefficient (Wildman–Crippen LogP) is 3.51. The lowest BCUT2D eigenvalue weighted by molar-refractivity contribution is 0.0855. The second kappa shape index (κ2) is 9.88. The lowest BCUT2D eigenvalue weighted by Crippen LogP contribution is -2.38. The second-order valence-corrected chi connectivity index (χ2v) is 10.5. The number of aliphatic hydroxyl groups is 1. The number of Topliss-reactive ketones (excluding diaryl/α,β-unsaturated/α-hetero) is 2. The zero-order valence-electron chi connectivity index (χ0n) is 20.1. The number of hydrogen-bond donors (Lipinski definition) is 3. The van der Waals surface area contributed by atoms with Crippen LogP contribution in [0, 0.1) is 11.6 Å². The maximum absolute atomic E-state index is 14.6. The Kier molecular flexibility index (Phi) is 6.96. The minimum Gasteiger partial charge on any atom is -0.384 e. The highest BCUT2D eigenvalue weighted by Gasteiger charge is 2.34. The van der Waals surface area contributed by atoms with Gasteiger partial charge < -0.3 is 15.8 Å². The van der Waals surface area contributed by atoms with Gasteiger partial charge in [-0.2, -0.15) is 8.42 Å². The third-order valence-corrected chi connectivity index (χ3v) is 6.96. The Morgan fingerprint density at radius 2 is 1.66 bits per heavy atom. The van der Waals surface area contributed by atoms with Crippen LogP contribution >= 0.6 is 0 Å². The largest absolute Gasteiger partial charge is 0.384 e. The standard InChI is InChI=1S/C26H22F2N4O5S/c1-26(2,35)25(29)32-38(36,37)20-13-15(10-11-17(20)28)23(34)21(22(33)14-6-5-7-16(27)12-14)24-30-18-8-3-4-9-19(18)31-24/h3-13,21,35H,1-2H3,(H2,29,32)(H,30,31). The first-order valence-electron chi connectivity index (χ1n) is 11.2. The van der Waals surface area contributed by atoms with E-state index in [4.69, 9.17) is 5.73 Å². The zero-order chi connectivity index (χ0) is 27.8. The van der Waals surface area contributed by atoms with Gasteiger partial charge in [0.05, 0.1) is 11.0 Å². The summed E-state index contributed by atoms with van der Waals surface area (Å²) in [5.74, 6) is -6.08. The average Bonchev–Trinajstić information content (AvgIpc) is 3.27. The number of fused-ring (bicyclic) bond motifs is 1. The van der Waals surface area contributed by atoms with E-state index in [2.05, 4.69) is 14.4 Å². The lowest BCUT2D eigenvalue weighted by Gasteiger charge is -2.16. The van der Waals surface area contributed by atoms with Crippen molar-refractivity contribution >= 4 is 38.5 Å². The molecule has 0 aliphatic carbocycles. The maximum Gasteiger partial charge on any atom is 0.286 e. The van der Waals surface area contributed by atoms with Crippen LogP contribution in [-0.2, 0) is 10.0 Å². The Balaban J connectivity index is 1.85. The van der Waals surface area contributed by atoms with Crippen molar-refractivity contribution in [1.82, 2.24) is 9.97 Å². The minimum atomic E-state index is -4.80. The van der Waals surface area contributed by atoms with Gasteiger partial charge in [-0.15, -0.1) is 4.40 Å². The maximum atomic E-state index is 14.6. The molecule has 0 amide bonds. The molecule has 1 unspecified atom stereocenters. The van der Waals surface area contributed by atoms with Crippen molar-refractivity contribution in [3.05, 3.63) is 95.3 Å². The molecule has 1 aromatic heterocycles. The summed E-state index contributed by atoms with van der Waals surface area (Å²) in [6.45, 7) is 2.38. The van der Waals surface area contributed by atoms with Gasteiger partial charge in [0.25, 0.3) is 10.0 Å². The summed E-state index contributed by atoms with van der Waals surface area (Å²) in [4.78, 5) is 33.4. The summed E-state index contributed by atoms with van der Waals surface area (Å²) >= 11 is 0. The molecular weight excluding hydrogens is 518 g/mol. The lowest BCUT2D eigenvalue weighted by atomic mass is 9.89. The van der Waals surface area contributed by atoms with Crippen molar-refractivity contribution in [2.75, 3.05) is 0 Å². The van der Waals surface area contributed by atoms with Gasteiger partial charge in [-0.05, 0) is 56.3 Å². The molecule has 9 nitrogen and oxygen atoms in total. The Morgan fingerprint density at radius 3 is 2.29 bits per heavy atom. The van der Waals surface area contributed by atoms with Gasteiger partial charge in [-0.1, -0.05) is 24.3 Å². The monoisotopic (exact) mass is 540 g/mol. The Labute approximate surface area is 216 Å². The highest BCUT2D eigenvalue weighted by Crippen LogP contribution is 2.28. The summed E-state index contributed by atoms with van der Waals surface area (Å²) in [7, 11) is -4.80. The first kappa shape index (κ1) is 26.8. The molecule has 1 heterocycles. The Hall–Kier alpha value is -4.29. The predicted molar refractivity (Wildman–Crippen MR) is 135 cm³/mol. The molecule has 4 aromatic rings. The van der Waals surface area contributed by atoms with Gasteiger partial charge in [0, 0.05) is 11.1 Å². The number of ketones is 2. The topological polar surface area (TPSA) is 156 Å². The number of benzene rings is 3. The van der Waals surface area contributed by atoms with Crippen LogP contribution in [0.5, 0.6) is 0 Å². The molecular formula is C26H22F2N4O5S. The van der Waals surface area contributed by atoms with Crippen molar-refractivity contribution in [1.29, 1.82) is 0 Å². The second-order valence-electron chi connectivity index (χ2n) is 8.97. The quantitative estimate of drug-likeness (QED) is 0.134. The molecule has 196 valence electrons. The van der Waals surface area contributed by atoms with E-state index in [0.717, 1.165) is 30.3 Å². The number of imidazole rings is 1. The Bertz CT molecular complexity index is 1680. The van der Waals surface area contributed by atoms with Crippen molar-refractivity contribution in [2.45, 2.75) is 30.3 Å². The first-order chi connectivity index (χ1) is 17.8. The fourth-order valence-electron chi connectivity index (χ4n) is 3.60. The molecule has 38 heavy (non-hydrogen) atoms. The number of nitrogens with one attached hydrogen (secondary N) is 1. The summed E-state index contributed by atoms with van der Waals surface area (Å²) < 4.78 is 57.3. The molecule has 0 radical (unpaired) electrons. The number of rotatable bonds is 8. The van der Waals surface area contributed by atoms with Crippen LogP contribution in [0.4, 0.5) is 8.78 Å². The molecule has 0 saturated heterocycles. The van der Waals surface area contributed by atoms with E-state index in [0.29, 0.717) is 11.0 Å². The molecule has 0 fully saturated rings. The molecule has 12 heteroatoms. The van der Waals surface area contributed by atoms with Gasteiger partial charge >= 0.3 is 0 Å². The number of aromatic amines is 1. The molecule has 0 aliphatic heterocycles. The van der Waals surface area contributed by atoms with E-state index in [1.807, 2.05) is 0 Å². The minimum absolute atomic E-state index is 0.0662. The Morgan fingerprint density at radius 1 is 1.00 bits per heavy atom. The third kappa shape index (κ3) is 5.36. The molecule has 0 bridgehead atoms. The molecule has 1 atom stereocenters. The van der Waals surface area contributed by atoms with E-state index in [1.54, 1.807) is 24.3 Å². The normalized spacial score (nSPS) is 13.4. The number of amidine groups is 1. The van der Waals surface area contributed by atoms with Crippen LogP contribution in [0.25, 0.3) is 11.0 Å². The van der Waals surface area contributed by atoms with Gasteiger partial charge in [0.1, 0.15) is 39.7 Å². The third-order valence-electron chi connectivity index (χ3n) is 5.65. The number of nitrogens with two attached hydrogens (primary N) is 1. The van der Waals surface area contributed by atoms with Gasteiger partial charge in [-0.3, -0.25) is 9.59 Å². The highest BCUT2D eigenvalue weighted by atomic mass is 32.2. The number of sulfonamides is 1. The van der Waals surface area contributed by atoms with Crippen LogP contribution in [0.2, 0.25) is 0 Å². The van der Waals surface area contributed by atoms with Crippen molar-refractivity contribution in [3.63, 3.8) is 0 Å². The van der Waals surface area contributed by atoms with Crippen LogP contribution in [0.1, 0.15) is 46.3 Å². The number of hydrogen-bond acceptors (Lipinski definition) is 6. The smallest absolute Gasteiger partial charge is 0.286 e. The van der Waals surface area contributed by atoms with E-state index in [-0.39, 0.29) is 17.0 Å². The summed E-state index contributed by atoms with van der Waals surface area (Å²) in [5, 5.41) is 9.91. The number of para-hydroxylation sites is 2. The molecule has 3 aromatic carbocycles. The van der Waals surface area contributed by atoms with Gasteiger partial charge in [-0.25, -0.2) is 13.8 Å². The number of H-pyrrole nitrogens is 1. The first-order valence-corrected chi connectivity index (χ1v) is 12.6. The molecule has 0 spiro atoms. The molecule has 4 rings (SSSR count). The summed E-state index contributed by atoms with van der Waals surface area (Å²) in [5.41, 5.74) is 4.22. The van der Waals surface area contributed by atoms with Crippen LogP contribution in [0.3, 0.4) is 0 Å². The van der Waals surface area contributed by atoms with Crippen LogP contribution in [0.15, 0.2) is 76.0 Å². The van der Waals surface area contributed by atoms with E-state index in [1.165, 1.54) is 26.0 Å². The van der Waals surface area contributed by atoms with Crippen molar-refractivity contribution in [2.24, 2.45) is 10.1 Å². The van der Waals surface area contributed by atoms with E-state index < -0.39 is 55.5 Å². The average molecular weight is 541 g/mol. The number of halogens is 2. The molecule has 0 aliphatic rings. The molecule has 0 saturated carbocycles. The number of carbonyl (C=O) groups excluding carboxylic acids is 2.